The number of carbonyl (C=O) groups is 1. The molecule has 3 heterocycles. The van der Waals surface area contributed by atoms with E-state index in [-0.39, 0.29) is 18.8 Å². The Labute approximate surface area is 105 Å². The van der Waals surface area contributed by atoms with E-state index in [9.17, 15) is 13.2 Å². The maximum atomic E-state index is 11.8. The first-order chi connectivity index (χ1) is 8.48. The van der Waals surface area contributed by atoms with Crippen molar-refractivity contribution in [2.45, 2.75) is 25.5 Å². The molecule has 0 spiro atoms. The van der Waals surface area contributed by atoms with E-state index in [1.54, 1.807) is 0 Å². The number of hydrogen-bond donors (Lipinski definition) is 0. The van der Waals surface area contributed by atoms with Crippen molar-refractivity contribution in [2.75, 3.05) is 19.5 Å². The normalized spacial score (nSPS) is 32.1. The Bertz CT molecular complexity index is 524. The number of allylic oxidation sites excluding steroid dienone is 1. The molecule has 0 radical (unpaired) electrons. The van der Waals surface area contributed by atoms with E-state index in [1.165, 1.54) is 11.2 Å². The lowest BCUT2D eigenvalue weighted by molar-refractivity contribution is -0.0943. The van der Waals surface area contributed by atoms with Gasteiger partial charge in [0.05, 0.1) is 10.6 Å². The van der Waals surface area contributed by atoms with Crippen LogP contribution in [0.5, 0.6) is 0 Å². The van der Waals surface area contributed by atoms with Crippen LogP contribution in [0.1, 0.15) is 19.3 Å². The van der Waals surface area contributed by atoms with Crippen LogP contribution in [0.15, 0.2) is 10.6 Å². The van der Waals surface area contributed by atoms with E-state index < -0.39 is 15.9 Å². The maximum absolute atomic E-state index is 11.8. The zero-order valence-corrected chi connectivity index (χ0v) is 10.9. The number of sulfone groups is 1. The van der Waals surface area contributed by atoms with Crippen molar-refractivity contribution in [1.29, 1.82) is 0 Å². The number of cyclic esters (lactones) is 1. The van der Waals surface area contributed by atoms with Gasteiger partial charge in [-0.1, -0.05) is 0 Å². The molecule has 3 aliphatic rings. The fraction of sp³-hybridized carbons (Fsp3) is 0.727. The number of hydrogen-bond acceptors (Lipinski definition) is 5. The Balaban J connectivity index is 2.09. The third-order valence-electron chi connectivity index (χ3n) is 3.70. The largest absolute Gasteiger partial charge is 0.443 e. The Hall–Kier alpha value is -1.08. The zero-order valence-electron chi connectivity index (χ0n) is 10.1. The quantitative estimate of drug-likeness (QED) is 0.708. The Kier molecular flexibility index (Phi) is 2.63. The summed E-state index contributed by atoms with van der Waals surface area (Å²) in [6.45, 7) is 0.639. The Morgan fingerprint density at radius 2 is 2.17 bits per heavy atom. The summed E-state index contributed by atoms with van der Waals surface area (Å²) in [5, 5.41) is 0. The summed E-state index contributed by atoms with van der Waals surface area (Å²) in [4.78, 5) is 13.5. The van der Waals surface area contributed by atoms with Gasteiger partial charge in [-0.2, -0.15) is 0 Å². The highest BCUT2D eigenvalue weighted by atomic mass is 32.2. The first-order valence-electron chi connectivity index (χ1n) is 5.98. The van der Waals surface area contributed by atoms with Crippen molar-refractivity contribution in [3.8, 4) is 0 Å². The minimum absolute atomic E-state index is 0.0355. The van der Waals surface area contributed by atoms with Crippen LogP contribution in [0.2, 0.25) is 0 Å². The average molecular weight is 273 g/mol. The molecule has 0 aliphatic carbocycles. The molecule has 7 heteroatoms. The van der Waals surface area contributed by atoms with E-state index >= 15 is 0 Å². The fourth-order valence-electron chi connectivity index (χ4n) is 2.89. The van der Waals surface area contributed by atoms with E-state index in [4.69, 9.17) is 9.47 Å². The van der Waals surface area contributed by atoms with Gasteiger partial charge in [-0.15, -0.1) is 0 Å². The van der Waals surface area contributed by atoms with Gasteiger partial charge in [0.25, 0.3) is 0 Å². The number of fused-ring (bicyclic) bond motifs is 3. The van der Waals surface area contributed by atoms with Crippen molar-refractivity contribution in [3.63, 3.8) is 0 Å². The van der Waals surface area contributed by atoms with Gasteiger partial charge in [0.15, 0.2) is 9.84 Å². The highest BCUT2D eigenvalue weighted by molar-refractivity contribution is 7.94. The van der Waals surface area contributed by atoms with Crippen LogP contribution in [0.25, 0.3) is 0 Å². The molecular formula is C11H15NO5S. The second-order valence-electron chi connectivity index (χ2n) is 4.93. The maximum Gasteiger partial charge on any atom is 0.416 e. The molecule has 2 fully saturated rings. The van der Waals surface area contributed by atoms with Gasteiger partial charge in [-0.3, -0.25) is 4.90 Å². The summed E-state index contributed by atoms with van der Waals surface area (Å²) >= 11 is 0. The third-order valence-corrected chi connectivity index (χ3v) is 5.00. The van der Waals surface area contributed by atoms with E-state index in [2.05, 4.69) is 0 Å². The SMILES string of the molecule is CS(=O)(=O)C1=C2COC(=O)N2[C@H]2OCCC[C@H]2C1. The van der Waals surface area contributed by atoms with E-state index in [0.717, 1.165) is 12.8 Å². The second-order valence-corrected chi connectivity index (χ2v) is 6.97. The highest BCUT2D eigenvalue weighted by Crippen LogP contribution is 2.41. The van der Waals surface area contributed by atoms with Crippen LogP contribution >= 0.6 is 0 Å². The van der Waals surface area contributed by atoms with Crippen molar-refractivity contribution in [1.82, 2.24) is 4.90 Å². The van der Waals surface area contributed by atoms with Gasteiger partial charge in [0.2, 0.25) is 0 Å². The lowest BCUT2D eigenvalue weighted by Crippen LogP contribution is -2.48. The topological polar surface area (TPSA) is 72.9 Å². The Morgan fingerprint density at radius 1 is 1.39 bits per heavy atom. The van der Waals surface area contributed by atoms with Crippen molar-refractivity contribution < 1.29 is 22.7 Å². The third kappa shape index (κ3) is 1.73. The number of amides is 1. The van der Waals surface area contributed by atoms with Gasteiger partial charge >= 0.3 is 6.09 Å². The molecule has 0 bridgehead atoms. The van der Waals surface area contributed by atoms with Crippen molar-refractivity contribution in [3.05, 3.63) is 10.6 Å². The molecule has 2 atom stereocenters. The van der Waals surface area contributed by atoms with E-state index in [0.29, 0.717) is 23.6 Å². The van der Waals surface area contributed by atoms with Crippen molar-refractivity contribution in [2.24, 2.45) is 5.92 Å². The average Bonchev–Trinajstić information content (AvgIpc) is 2.70. The molecule has 100 valence electrons. The number of ether oxygens (including phenoxy) is 2. The molecular weight excluding hydrogens is 258 g/mol. The van der Waals surface area contributed by atoms with Crippen LogP contribution in [0, 0.1) is 5.92 Å². The summed E-state index contributed by atoms with van der Waals surface area (Å²) in [7, 11) is -3.30. The van der Waals surface area contributed by atoms with Gasteiger partial charge in [-0.25, -0.2) is 13.2 Å². The molecule has 0 aromatic heterocycles. The highest BCUT2D eigenvalue weighted by Gasteiger charge is 2.47. The molecule has 0 saturated carbocycles. The predicted octanol–water partition coefficient (Wildman–Crippen LogP) is 0.851. The number of carbonyl (C=O) groups excluding carboxylic acids is 1. The van der Waals surface area contributed by atoms with Gasteiger partial charge < -0.3 is 9.47 Å². The molecule has 0 aromatic carbocycles. The van der Waals surface area contributed by atoms with Crippen LogP contribution in [0.4, 0.5) is 4.79 Å². The lowest BCUT2D eigenvalue weighted by Gasteiger charge is -2.40. The Morgan fingerprint density at radius 3 is 2.89 bits per heavy atom. The minimum Gasteiger partial charge on any atom is -0.443 e. The van der Waals surface area contributed by atoms with Gasteiger partial charge in [0.1, 0.15) is 12.8 Å². The van der Waals surface area contributed by atoms with Crippen LogP contribution in [-0.2, 0) is 19.3 Å². The fourth-order valence-corrected chi connectivity index (χ4v) is 3.99. The molecule has 1 amide bonds. The first-order valence-corrected chi connectivity index (χ1v) is 7.87. The van der Waals surface area contributed by atoms with E-state index in [1.807, 2.05) is 0 Å². The smallest absolute Gasteiger partial charge is 0.416 e. The summed E-state index contributed by atoms with van der Waals surface area (Å²) in [6, 6.07) is 0. The molecule has 3 aliphatic heterocycles. The van der Waals surface area contributed by atoms with Crippen LogP contribution < -0.4 is 0 Å². The molecule has 0 N–H and O–H groups in total. The molecule has 6 nitrogen and oxygen atoms in total. The molecule has 2 saturated heterocycles. The summed E-state index contributed by atoms with van der Waals surface area (Å²) in [5.41, 5.74) is 0.464. The van der Waals surface area contributed by atoms with Gasteiger partial charge in [-0.05, 0) is 19.3 Å². The predicted molar refractivity (Wildman–Crippen MR) is 62.1 cm³/mol. The van der Waals surface area contributed by atoms with Crippen LogP contribution in [0.3, 0.4) is 0 Å². The second kappa shape index (κ2) is 3.96. The number of rotatable bonds is 1. The summed E-state index contributed by atoms with van der Waals surface area (Å²) in [6.07, 6.45) is 2.56. The summed E-state index contributed by atoms with van der Waals surface area (Å²) < 4.78 is 34.2. The zero-order chi connectivity index (χ0) is 12.9. The monoisotopic (exact) mass is 273 g/mol. The molecule has 0 unspecified atom stereocenters. The van der Waals surface area contributed by atoms with Crippen molar-refractivity contribution >= 4 is 15.9 Å². The number of nitrogens with zero attached hydrogens (tertiary/aromatic N) is 1. The molecule has 3 rings (SSSR count). The first kappa shape index (κ1) is 12.0. The lowest BCUT2D eigenvalue weighted by atomic mass is 9.91. The summed E-state index contributed by atoms with van der Waals surface area (Å²) in [5.74, 6) is 0.0536. The van der Waals surface area contributed by atoms with Gasteiger partial charge in [0, 0.05) is 18.8 Å². The minimum atomic E-state index is -3.30. The standard InChI is InChI=1S/C11H15NO5S/c1-18(14,15)9-5-7-3-2-4-16-10(7)12-8(9)6-17-11(12)13/h7,10H,2-6H2,1H3/t7-,10-/m0/s1. The van der Waals surface area contributed by atoms with Crippen LogP contribution in [-0.4, -0.2) is 45.1 Å². The molecule has 18 heavy (non-hydrogen) atoms. The molecule has 0 aromatic rings.